The lowest BCUT2D eigenvalue weighted by atomic mass is 9.91. The van der Waals surface area contributed by atoms with Gasteiger partial charge in [0.2, 0.25) is 5.95 Å². The fourth-order valence-electron chi connectivity index (χ4n) is 3.58. The number of pyridine rings is 1. The number of nitrogens with zero attached hydrogens (tertiary/aromatic N) is 6. The maximum absolute atomic E-state index is 12.1. The van der Waals surface area contributed by atoms with Gasteiger partial charge in [-0.25, -0.2) is 4.98 Å². The lowest BCUT2D eigenvalue weighted by Gasteiger charge is -2.29. The summed E-state index contributed by atoms with van der Waals surface area (Å²) >= 11 is 0. The minimum absolute atomic E-state index is 0.0539. The molecule has 29 heavy (non-hydrogen) atoms. The Morgan fingerprint density at radius 3 is 2.69 bits per heavy atom. The zero-order valence-electron chi connectivity index (χ0n) is 16.1. The summed E-state index contributed by atoms with van der Waals surface area (Å²) < 4.78 is 1.66. The Hall–Kier alpha value is -3.47. The SMILES string of the molecule is Cn1c(N[C@@H]2CCCC[C@@H]2N)nc(Nc2ccnc(-n3nccn3)c2)c1C(N)=O. The summed E-state index contributed by atoms with van der Waals surface area (Å²) in [5, 5.41) is 14.7. The molecule has 1 aliphatic carbocycles. The fourth-order valence-corrected chi connectivity index (χ4v) is 3.58. The van der Waals surface area contributed by atoms with E-state index in [1.807, 2.05) is 0 Å². The van der Waals surface area contributed by atoms with Crippen LogP contribution in [0.2, 0.25) is 0 Å². The topological polar surface area (TPSA) is 155 Å². The van der Waals surface area contributed by atoms with Crippen LogP contribution in [-0.4, -0.2) is 47.5 Å². The van der Waals surface area contributed by atoms with E-state index >= 15 is 0 Å². The van der Waals surface area contributed by atoms with E-state index in [0.29, 0.717) is 23.3 Å². The monoisotopic (exact) mass is 396 g/mol. The highest BCUT2D eigenvalue weighted by Crippen LogP contribution is 2.26. The minimum atomic E-state index is -0.577. The first-order valence-corrected chi connectivity index (χ1v) is 9.51. The number of hydrogen-bond acceptors (Lipinski definition) is 8. The average molecular weight is 396 g/mol. The van der Waals surface area contributed by atoms with Crippen molar-refractivity contribution in [3.63, 3.8) is 0 Å². The van der Waals surface area contributed by atoms with Crippen molar-refractivity contribution in [1.29, 1.82) is 0 Å². The van der Waals surface area contributed by atoms with Gasteiger partial charge in [-0.05, 0) is 18.9 Å². The summed E-state index contributed by atoms with van der Waals surface area (Å²) in [6.07, 6.45) is 8.94. The van der Waals surface area contributed by atoms with Crippen molar-refractivity contribution in [2.24, 2.45) is 18.5 Å². The molecule has 4 rings (SSSR count). The van der Waals surface area contributed by atoms with Gasteiger partial charge in [0.15, 0.2) is 17.3 Å². The molecule has 6 N–H and O–H groups in total. The van der Waals surface area contributed by atoms with Gasteiger partial charge < -0.3 is 26.7 Å². The van der Waals surface area contributed by atoms with E-state index in [4.69, 9.17) is 11.5 Å². The van der Waals surface area contributed by atoms with Crippen LogP contribution in [-0.2, 0) is 7.05 Å². The van der Waals surface area contributed by atoms with Crippen molar-refractivity contribution in [2.75, 3.05) is 10.6 Å². The molecule has 0 unspecified atom stereocenters. The lowest BCUT2D eigenvalue weighted by molar-refractivity contribution is 0.0993. The molecule has 1 saturated carbocycles. The number of imidazole rings is 1. The van der Waals surface area contributed by atoms with E-state index in [-0.39, 0.29) is 17.8 Å². The first-order chi connectivity index (χ1) is 14.0. The van der Waals surface area contributed by atoms with Gasteiger partial charge in [0, 0.05) is 37.1 Å². The molecule has 3 aromatic rings. The van der Waals surface area contributed by atoms with E-state index in [1.165, 1.54) is 4.80 Å². The maximum Gasteiger partial charge on any atom is 0.269 e. The Bertz CT molecular complexity index is 996. The standard InChI is InChI=1S/C18H24N10O/c1-27-15(16(20)29)17(26-18(27)25-13-5-3-2-4-12(13)19)24-11-6-7-21-14(10-11)28-22-8-9-23-28/h6-10,12-13H,2-5,19H2,1H3,(H2,20,29)(H,21,24)(H,25,26)/t12-,13+/m0/s1. The number of carbonyl (C=O) groups is 1. The van der Waals surface area contributed by atoms with Crippen LogP contribution < -0.4 is 22.1 Å². The quantitative estimate of drug-likeness (QED) is 0.479. The molecule has 3 aromatic heterocycles. The van der Waals surface area contributed by atoms with E-state index in [2.05, 4.69) is 30.8 Å². The van der Waals surface area contributed by atoms with Gasteiger partial charge in [0.1, 0.15) is 0 Å². The normalized spacial score (nSPS) is 19.1. The van der Waals surface area contributed by atoms with E-state index in [9.17, 15) is 4.79 Å². The van der Waals surface area contributed by atoms with Gasteiger partial charge >= 0.3 is 0 Å². The second kappa shape index (κ2) is 7.87. The van der Waals surface area contributed by atoms with Crippen molar-refractivity contribution >= 4 is 23.4 Å². The molecule has 0 saturated heterocycles. The van der Waals surface area contributed by atoms with E-state index < -0.39 is 5.91 Å². The first kappa shape index (κ1) is 18.9. The molecule has 1 fully saturated rings. The zero-order valence-corrected chi connectivity index (χ0v) is 16.1. The third-order valence-electron chi connectivity index (χ3n) is 5.09. The van der Waals surface area contributed by atoms with Crippen LogP contribution in [0, 0.1) is 0 Å². The van der Waals surface area contributed by atoms with Gasteiger partial charge in [-0.1, -0.05) is 12.8 Å². The Kier molecular flexibility index (Phi) is 5.12. The van der Waals surface area contributed by atoms with Crippen molar-refractivity contribution in [1.82, 2.24) is 29.5 Å². The predicted octanol–water partition coefficient (Wildman–Crippen LogP) is 0.920. The number of amides is 1. The van der Waals surface area contributed by atoms with Crippen LogP contribution in [0.25, 0.3) is 5.82 Å². The molecule has 11 nitrogen and oxygen atoms in total. The zero-order chi connectivity index (χ0) is 20.4. The Morgan fingerprint density at radius 1 is 1.21 bits per heavy atom. The molecule has 0 radical (unpaired) electrons. The van der Waals surface area contributed by atoms with Crippen LogP contribution >= 0.6 is 0 Å². The molecule has 11 heteroatoms. The van der Waals surface area contributed by atoms with Crippen LogP contribution in [0.15, 0.2) is 30.7 Å². The highest BCUT2D eigenvalue weighted by atomic mass is 16.1. The molecular weight excluding hydrogens is 372 g/mol. The summed E-state index contributed by atoms with van der Waals surface area (Å²) in [6.45, 7) is 0. The smallest absolute Gasteiger partial charge is 0.269 e. The number of rotatable bonds is 6. The van der Waals surface area contributed by atoms with Crippen molar-refractivity contribution < 1.29 is 4.79 Å². The summed E-state index contributed by atoms with van der Waals surface area (Å²) in [6, 6.07) is 3.68. The molecule has 0 bridgehead atoms. The third-order valence-corrected chi connectivity index (χ3v) is 5.09. The summed E-state index contributed by atoms with van der Waals surface area (Å²) in [5.41, 5.74) is 12.8. The molecule has 1 amide bonds. The number of aromatic nitrogens is 6. The van der Waals surface area contributed by atoms with Crippen LogP contribution in [0.5, 0.6) is 0 Å². The van der Waals surface area contributed by atoms with E-state index in [1.54, 1.807) is 42.3 Å². The summed E-state index contributed by atoms with van der Waals surface area (Å²) in [4.78, 5) is 22.3. The molecule has 2 atom stereocenters. The second-order valence-corrected chi connectivity index (χ2v) is 7.10. The maximum atomic E-state index is 12.1. The number of anilines is 3. The van der Waals surface area contributed by atoms with Crippen molar-refractivity contribution in [3.8, 4) is 5.82 Å². The van der Waals surface area contributed by atoms with Crippen molar-refractivity contribution in [2.45, 2.75) is 37.8 Å². The number of primary amides is 1. The molecule has 3 heterocycles. The predicted molar refractivity (Wildman–Crippen MR) is 108 cm³/mol. The molecule has 0 aliphatic heterocycles. The summed E-state index contributed by atoms with van der Waals surface area (Å²) in [5.74, 6) is 0.860. The Morgan fingerprint density at radius 2 is 1.97 bits per heavy atom. The third kappa shape index (κ3) is 3.90. The number of nitrogens with two attached hydrogens (primary N) is 2. The highest BCUT2D eigenvalue weighted by molar-refractivity contribution is 5.97. The molecular formula is C18H24N10O. The van der Waals surface area contributed by atoms with Gasteiger partial charge in [0.25, 0.3) is 5.91 Å². The summed E-state index contributed by atoms with van der Waals surface area (Å²) in [7, 11) is 1.75. The number of carbonyl (C=O) groups excluding carboxylic acids is 1. The second-order valence-electron chi connectivity index (χ2n) is 7.10. The minimum Gasteiger partial charge on any atom is -0.364 e. The number of nitrogens with one attached hydrogen (secondary N) is 2. The molecule has 0 aromatic carbocycles. The number of hydrogen-bond donors (Lipinski definition) is 4. The first-order valence-electron chi connectivity index (χ1n) is 9.51. The average Bonchev–Trinajstić information content (AvgIpc) is 3.33. The van der Waals surface area contributed by atoms with Crippen LogP contribution in [0.1, 0.15) is 36.2 Å². The molecule has 0 spiro atoms. The molecule has 1 aliphatic rings. The van der Waals surface area contributed by atoms with Gasteiger partial charge in [0.05, 0.1) is 12.4 Å². The van der Waals surface area contributed by atoms with Crippen molar-refractivity contribution in [3.05, 3.63) is 36.4 Å². The largest absolute Gasteiger partial charge is 0.364 e. The Balaban J connectivity index is 1.62. The van der Waals surface area contributed by atoms with Crippen LogP contribution in [0.3, 0.4) is 0 Å². The van der Waals surface area contributed by atoms with Gasteiger partial charge in [-0.2, -0.15) is 15.2 Å². The Labute approximate surface area is 167 Å². The van der Waals surface area contributed by atoms with Crippen LogP contribution in [0.4, 0.5) is 17.5 Å². The fraction of sp³-hybridized carbons (Fsp3) is 0.389. The van der Waals surface area contributed by atoms with Gasteiger partial charge in [-0.3, -0.25) is 4.79 Å². The lowest BCUT2D eigenvalue weighted by Crippen LogP contribution is -2.43. The molecule has 152 valence electrons. The van der Waals surface area contributed by atoms with E-state index in [0.717, 1.165) is 25.7 Å². The van der Waals surface area contributed by atoms with Gasteiger partial charge in [-0.15, -0.1) is 4.80 Å². The highest BCUT2D eigenvalue weighted by Gasteiger charge is 2.25.